The molecule has 2 aliphatic heterocycles. The number of nitriles is 1. The van der Waals surface area contributed by atoms with Crippen LogP contribution in [0.1, 0.15) is 64.4 Å². The number of nitrogens with zero attached hydrogens (tertiary/aromatic N) is 3. The fourth-order valence-corrected chi connectivity index (χ4v) is 8.84. The number of anilines is 1. The van der Waals surface area contributed by atoms with Gasteiger partial charge in [0.15, 0.2) is 0 Å². The Morgan fingerprint density at radius 2 is 1.55 bits per heavy atom. The highest BCUT2D eigenvalue weighted by Crippen LogP contribution is 2.43. The summed E-state index contributed by atoms with van der Waals surface area (Å²) >= 11 is 12.2. The van der Waals surface area contributed by atoms with E-state index in [0.29, 0.717) is 57.9 Å². The predicted octanol–water partition coefficient (Wildman–Crippen LogP) is 9.99. The van der Waals surface area contributed by atoms with Gasteiger partial charge in [-0.3, -0.25) is 14.5 Å². The Labute approximate surface area is 382 Å². The maximum absolute atomic E-state index is 14.7. The zero-order valence-corrected chi connectivity index (χ0v) is 37.1. The molecule has 0 saturated heterocycles. The summed E-state index contributed by atoms with van der Waals surface area (Å²) < 4.78 is 17.7. The summed E-state index contributed by atoms with van der Waals surface area (Å²) in [7, 11) is 3.05. The molecule has 1 unspecified atom stereocenters. The van der Waals surface area contributed by atoms with Gasteiger partial charge in [-0.1, -0.05) is 115 Å². The highest BCUT2D eigenvalue weighted by molar-refractivity contribution is 6.42. The first-order chi connectivity index (χ1) is 31.0. The maximum Gasteiger partial charge on any atom is 0.328 e. The summed E-state index contributed by atoms with van der Waals surface area (Å²) in [4.78, 5) is 45.7. The van der Waals surface area contributed by atoms with Crippen molar-refractivity contribution in [2.75, 3.05) is 19.1 Å². The first kappa shape index (κ1) is 44.0. The van der Waals surface area contributed by atoms with Crippen molar-refractivity contribution in [2.24, 2.45) is 0 Å². The third kappa shape index (κ3) is 9.48. The van der Waals surface area contributed by atoms with Crippen LogP contribution in [0.15, 0.2) is 133 Å². The average molecular weight is 894 g/mol. The second-order valence-electron chi connectivity index (χ2n) is 16.0. The van der Waals surface area contributed by atoms with Gasteiger partial charge >= 0.3 is 5.97 Å². The number of fused-ring (bicyclic) bond motifs is 2. The number of rotatable bonds is 13. The van der Waals surface area contributed by atoms with Crippen LogP contribution in [-0.4, -0.2) is 48.9 Å². The van der Waals surface area contributed by atoms with Crippen molar-refractivity contribution < 1.29 is 28.6 Å². The first-order valence-electron chi connectivity index (χ1n) is 21.1. The molecule has 6 aromatic carbocycles. The summed E-state index contributed by atoms with van der Waals surface area (Å²) in [6, 6.07) is 42.2. The molecule has 0 aromatic heterocycles. The van der Waals surface area contributed by atoms with E-state index < -0.39 is 24.2 Å². The van der Waals surface area contributed by atoms with Gasteiger partial charge in [-0.05, 0) is 100 Å². The number of benzene rings is 6. The lowest BCUT2D eigenvalue weighted by Crippen LogP contribution is -2.55. The number of esters is 1. The minimum atomic E-state index is -0.945. The van der Waals surface area contributed by atoms with Gasteiger partial charge < -0.3 is 24.4 Å². The smallest absolute Gasteiger partial charge is 0.328 e. The molecular formula is C52H46Cl2N4O6. The van der Waals surface area contributed by atoms with Crippen molar-refractivity contribution >= 4 is 46.7 Å². The Morgan fingerprint density at radius 3 is 2.20 bits per heavy atom. The molecule has 2 amide bonds. The van der Waals surface area contributed by atoms with E-state index in [0.717, 1.165) is 45.4 Å². The molecule has 4 atom stereocenters. The normalized spacial score (nSPS) is 16.6. The topological polar surface area (TPSA) is 121 Å². The Bertz CT molecular complexity index is 2710. The molecule has 0 spiro atoms. The van der Waals surface area contributed by atoms with Crippen LogP contribution in [0, 0.1) is 11.3 Å². The standard InChI is InChI=1S/C52H46Cl2N4O6/c1-4-45(37-8-6-5-7-9-37)58-30-40-28-48-46(57(2)51(60)49(64-48)38-19-21-41(22-20-38)63-31-34-14-23-42(53)43(54)24-34)26-39(40)27-47(58)50(59)56-44(52(61)62-3)25-32-10-15-35(16-11-32)36-17-12-33(29-55)13-18-36/h5-24,26,28,44-45,47,49H,4,25,27,30-31H2,1-3H3,(H,56,59)/t44?,45-,47+,49+/m1/s1. The van der Waals surface area contributed by atoms with E-state index in [2.05, 4.69) is 35.3 Å². The first-order valence-corrected chi connectivity index (χ1v) is 21.8. The Morgan fingerprint density at radius 1 is 0.859 bits per heavy atom. The fourth-order valence-electron chi connectivity index (χ4n) is 8.51. The molecule has 6 aromatic rings. The highest BCUT2D eigenvalue weighted by atomic mass is 35.5. The van der Waals surface area contributed by atoms with Gasteiger partial charge in [0.05, 0.1) is 40.5 Å². The van der Waals surface area contributed by atoms with Gasteiger partial charge in [0.1, 0.15) is 24.1 Å². The van der Waals surface area contributed by atoms with Crippen LogP contribution in [0.25, 0.3) is 11.1 Å². The SMILES string of the molecule is CC[C@H](c1ccccc1)N1Cc2cc3c(cc2C[C@H]1C(=O)NC(Cc1ccc(-c2ccc(C#N)cc2)cc1)C(=O)OC)N(C)C(=O)[C@H](c1ccc(OCc2ccc(Cl)c(Cl)c2)cc1)O3. The molecule has 2 heterocycles. The minimum absolute atomic E-state index is 0.122. The van der Waals surface area contributed by atoms with Gasteiger partial charge in [-0.25, -0.2) is 4.79 Å². The lowest BCUT2D eigenvalue weighted by molar-refractivity contribution is -0.146. The van der Waals surface area contributed by atoms with Crippen LogP contribution < -0.4 is 19.7 Å². The molecule has 1 N–H and O–H groups in total. The molecule has 0 aliphatic carbocycles. The lowest BCUT2D eigenvalue weighted by atomic mass is 9.88. The summed E-state index contributed by atoms with van der Waals surface area (Å²) in [6.45, 7) is 2.82. The van der Waals surface area contributed by atoms with E-state index in [-0.39, 0.29) is 24.3 Å². The zero-order chi connectivity index (χ0) is 44.9. The van der Waals surface area contributed by atoms with Crippen LogP contribution in [-0.2, 0) is 45.1 Å². The molecule has 0 saturated carbocycles. The number of carbonyl (C=O) groups excluding carboxylic acids is 3. The van der Waals surface area contributed by atoms with Gasteiger partial charge in [0, 0.05) is 31.6 Å². The molecule has 2 aliphatic rings. The molecule has 8 rings (SSSR count). The fraction of sp³-hybridized carbons (Fsp3) is 0.231. The summed E-state index contributed by atoms with van der Waals surface area (Å²) in [5, 5.41) is 13.2. The van der Waals surface area contributed by atoms with Crippen LogP contribution in [0.4, 0.5) is 5.69 Å². The van der Waals surface area contributed by atoms with Crippen molar-refractivity contribution in [2.45, 2.75) is 63.6 Å². The van der Waals surface area contributed by atoms with Crippen LogP contribution in [0.2, 0.25) is 10.0 Å². The largest absolute Gasteiger partial charge is 0.489 e. The molecule has 0 radical (unpaired) electrons. The summed E-state index contributed by atoms with van der Waals surface area (Å²) in [6.07, 6.45) is 0.398. The molecule has 0 fully saturated rings. The summed E-state index contributed by atoms with van der Waals surface area (Å²) in [5.41, 5.74) is 8.48. The van der Waals surface area contributed by atoms with Gasteiger partial charge in [-0.15, -0.1) is 0 Å². The number of halogens is 2. The van der Waals surface area contributed by atoms with Gasteiger partial charge in [0.2, 0.25) is 12.0 Å². The van der Waals surface area contributed by atoms with Crippen molar-refractivity contribution in [1.29, 1.82) is 5.26 Å². The van der Waals surface area contributed by atoms with Crippen LogP contribution in [0.5, 0.6) is 11.5 Å². The van der Waals surface area contributed by atoms with Crippen molar-refractivity contribution in [1.82, 2.24) is 10.2 Å². The van der Waals surface area contributed by atoms with Gasteiger partial charge in [-0.2, -0.15) is 5.26 Å². The number of methoxy groups -OCH3 is 1. The Kier molecular flexibility index (Phi) is 13.3. The molecule has 10 nitrogen and oxygen atoms in total. The number of hydrogen-bond donors (Lipinski definition) is 1. The highest BCUT2D eigenvalue weighted by Gasteiger charge is 2.40. The third-order valence-corrected chi connectivity index (χ3v) is 12.7. The van der Waals surface area contributed by atoms with Crippen molar-refractivity contribution in [3.63, 3.8) is 0 Å². The maximum atomic E-state index is 14.7. The van der Waals surface area contributed by atoms with Crippen molar-refractivity contribution in [3.8, 4) is 28.7 Å². The molecule has 0 bridgehead atoms. The second kappa shape index (κ2) is 19.4. The van der Waals surface area contributed by atoms with E-state index in [4.69, 9.17) is 37.4 Å². The van der Waals surface area contributed by atoms with Gasteiger partial charge in [0.25, 0.3) is 5.91 Å². The summed E-state index contributed by atoms with van der Waals surface area (Å²) in [5.74, 6) is 0.111. The predicted molar refractivity (Wildman–Crippen MR) is 247 cm³/mol. The average Bonchev–Trinajstić information content (AvgIpc) is 3.33. The molecular weight excluding hydrogens is 847 g/mol. The third-order valence-electron chi connectivity index (χ3n) is 12.0. The number of hydrogen-bond acceptors (Lipinski definition) is 8. The second-order valence-corrected chi connectivity index (χ2v) is 16.8. The number of likely N-dealkylation sites (N-methyl/N-ethyl adjacent to an activating group) is 1. The van der Waals surface area contributed by atoms with E-state index in [1.807, 2.05) is 97.1 Å². The van der Waals surface area contributed by atoms with E-state index >= 15 is 0 Å². The minimum Gasteiger partial charge on any atom is -0.489 e. The number of nitrogens with one attached hydrogen (secondary N) is 1. The number of ether oxygens (including phenoxy) is 3. The number of carbonyl (C=O) groups is 3. The van der Waals surface area contributed by atoms with Crippen LogP contribution in [0.3, 0.4) is 0 Å². The van der Waals surface area contributed by atoms with E-state index in [9.17, 15) is 19.6 Å². The van der Waals surface area contributed by atoms with Crippen LogP contribution >= 0.6 is 23.2 Å². The van der Waals surface area contributed by atoms with Crippen molar-refractivity contribution in [3.05, 3.63) is 182 Å². The van der Waals surface area contributed by atoms with E-state index in [1.54, 1.807) is 36.2 Å². The molecule has 64 heavy (non-hydrogen) atoms. The Balaban J connectivity index is 1.03. The quantitative estimate of drug-likeness (QED) is 0.114. The molecule has 12 heteroatoms. The monoisotopic (exact) mass is 892 g/mol. The lowest BCUT2D eigenvalue weighted by Gasteiger charge is -2.42. The van der Waals surface area contributed by atoms with E-state index in [1.165, 1.54) is 7.11 Å². The number of amides is 2. The Hall–Kier alpha value is -6.64. The molecule has 324 valence electrons. The zero-order valence-electron chi connectivity index (χ0n) is 35.6.